The summed E-state index contributed by atoms with van der Waals surface area (Å²) in [5, 5.41) is 0. The van der Waals surface area contributed by atoms with E-state index in [2.05, 4.69) is 16.5 Å². The maximum Gasteiger partial charge on any atom is 0.307 e. The summed E-state index contributed by atoms with van der Waals surface area (Å²) in [6.07, 6.45) is 5.04. The Balaban J connectivity index is 2.25. The Morgan fingerprint density at radius 1 is 1.47 bits per heavy atom. The second kappa shape index (κ2) is 4.90. The summed E-state index contributed by atoms with van der Waals surface area (Å²) in [4.78, 5) is 16.0. The molecule has 94 valence electrons. The molecule has 1 aromatic heterocycles. The van der Waals surface area contributed by atoms with Gasteiger partial charge in [0, 0.05) is 11.7 Å². The van der Waals surface area contributed by atoms with Gasteiger partial charge in [-0.2, -0.15) is 0 Å². The van der Waals surface area contributed by atoms with Crippen molar-refractivity contribution in [1.82, 2.24) is 9.55 Å². The van der Waals surface area contributed by atoms with Gasteiger partial charge < -0.3 is 9.30 Å². The highest BCUT2D eigenvalue weighted by Crippen LogP contribution is 2.26. The Morgan fingerprint density at radius 2 is 2.18 bits per heavy atom. The molecule has 0 N–H and O–H groups in total. The third-order valence-electron chi connectivity index (χ3n) is 3.48. The number of ether oxygens (including phenoxy) is 1. The molecule has 1 heterocycles. The normalized spacial score (nSPS) is 16.4. The van der Waals surface area contributed by atoms with E-state index in [9.17, 15) is 4.79 Å². The number of hydrogen-bond donors (Lipinski definition) is 0. The van der Waals surface area contributed by atoms with Gasteiger partial charge in [0.05, 0.1) is 19.2 Å². The van der Waals surface area contributed by atoms with Crippen molar-refractivity contribution < 1.29 is 9.53 Å². The van der Waals surface area contributed by atoms with Gasteiger partial charge in [-0.15, -0.1) is 0 Å². The lowest BCUT2D eigenvalue weighted by molar-refractivity contribution is -0.141. The van der Waals surface area contributed by atoms with E-state index in [1.807, 2.05) is 6.92 Å². The Kier molecular flexibility index (Phi) is 3.50. The monoisotopic (exact) mass is 236 g/mol. The van der Waals surface area contributed by atoms with Crippen LogP contribution in [0.15, 0.2) is 0 Å². The summed E-state index contributed by atoms with van der Waals surface area (Å²) in [5.74, 6) is 0.864. The minimum absolute atomic E-state index is 0.136. The SMILES string of the molecule is COC(=O)CC(C)n1c(C)nc2c1CCCC2. The fourth-order valence-corrected chi connectivity index (χ4v) is 2.70. The van der Waals surface area contributed by atoms with Crippen LogP contribution in [0, 0.1) is 6.92 Å². The highest BCUT2D eigenvalue weighted by molar-refractivity contribution is 5.69. The summed E-state index contributed by atoms with van der Waals surface area (Å²) in [6.45, 7) is 4.08. The second-order valence-corrected chi connectivity index (χ2v) is 4.76. The van der Waals surface area contributed by atoms with Crippen LogP contribution in [0.1, 0.15) is 49.4 Å². The second-order valence-electron chi connectivity index (χ2n) is 4.76. The maximum absolute atomic E-state index is 11.3. The summed E-state index contributed by atoms with van der Waals surface area (Å²) in [5.41, 5.74) is 2.55. The zero-order chi connectivity index (χ0) is 12.4. The number of fused-ring (bicyclic) bond motifs is 1. The zero-order valence-electron chi connectivity index (χ0n) is 10.8. The molecule has 2 rings (SSSR count). The number of carbonyl (C=O) groups is 1. The van der Waals surface area contributed by atoms with Gasteiger partial charge in [0.15, 0.2) is 0 Å². The molecule has 1 aromatic rings. The Morgan fingerprint density at radius 3 is 2.88 bits per heavy atom. The molecule has 4 nitrogen and oxygen atoms in total. The van der Waals surface area contributed by atoms with E-state index in [1.165, 1.54) is 31.3 Å². The van der Waals surface area contributed by atoms with E-state index >= 15 is 0 Å². The minimum atomic E-state index is -0.157. The van der Waals surface area contributed by atoms with Gasteiger partial charge in [0.25, 0.3) is 0 Å². The smallest absolute Gasteiger partial charge is 0.307 e. The molecule has 4 heteroatoms. The Bertz CT molecular complexity index is 423. The molecule has 0 bridgehead atoms. The average Bonchev–Trinajstić information content (AvgIpc) is 2.64. The van der Waals surface area contributed by atoms with Crippen LogP contribution in [0.3, 0.4) is 0 Å². The van der Waals surface area contributed by atoms with Gasteiger partial charge in [-0.3, -0.25) is 4.79 Å². The van der Waals surface area contributed by atoms with Crippen LogP contribution < -0.4 is 0 Å². The number of esters is 1. The van der Waals surface area contributed by atoms with E-state index in [4.69, 9.17) is 4.74 Å². The molecular weight excluding hydrogens is 216 g/mol. The van der Waals surface area contributed by atoms with Crippen LogP contribution in [0.25, 0.3) is 0 Å². The molecular formula is C13H20N2O2. The standard InChI is InChI=1S/C13H20N2O2/c1-9(8-13(16)17-3)15-10(2)14-11-6-4-5-7-12(11)15/h9H,4-8H2,1-3H3. The van der Waals surface area contributed by atoms with Gasteiger partial charge in [-0.25, -0.2) is 4.98 Å². The first-order chi connectivity index (χ1) is 8.13. The largest absolute Gasteiger partial charge is 0.469 e. The lowest BCUT2D eigenvalue weighted by Crippen LogP contribution is -2.17. The number of aromatic nitrogens is 2. The van der Waals surface area contributed by atoms with E-state index in [0.717, 1.165) is 18.7 Å². The molecule has 0 fully saturated rings. The van der Waals surface area contributed by atoms with Crippen LogP contribution >= 0.6 is 0 Å². The molecule has 17 heavy (non-hydrogen) atoms. The van der Waals surface area contributed by atoms with Crippen molar-refractivity contribution in [2.24, 2.45) is 0 Å². The predicted octanol–water partition coefficient (Wildman–Crippen LogP) is 2.19. The first kappa shape index (κ1) is 12.1. The van der Waals surface area contributed by atoms with Crippen LogP contribution in [0.2, 0.25) is 0 Å². The van der Waals surface area contributed by atoms with E-state index in [-0.39, 0.29) is 12.0 Å². The van der Waals surface area contributed by atoms with Gasteiger partial charge in [0.2, 0.25) is 0 Å². The number of imidazole rings is 1. The van der Waals surface area contributed by atoms with Crippen molar-refractivity contribution in [2.45, 2.75) is 52.0 Å². The van der Waals surface area contributed by atoms with Gasteiger partial charge in [-0.1, -0.05) is 0 Å². The number of hydrogen-bond acceptors (Lipinski definition) is 3. The van der Waals surface area contributed by atoms with Gasteiger partial charge in [-0.05, 0) is 39.5 Å². The van der Waals surface area contributed by atoms with Gasteiger partial charge >= 0.3 is 5.97 Å². The van der Waals surface area contributed by atoms with Crippen molar-refractivity contribution >= 4 is 5.97 Å². The number of nitrogens with zero attached hydrogens (tertiary/aromatic N) is 2. The molecule has 0 spiro atoms. The topological polar surface area (TPSA) is 44.1 Å². The number of rotatable bonds is 3. The Labute approximate surface area is 102 Å². The van der Waals surface area contributed by atoms with E-state index < -0.39 is 0 Å². The van der Waals surface area contributed by atoms with E-state index in [1.54, 1.807) is 0 Å². The molecule has 1 unspecified atom stereocenters. The third kappa shape index (κ3) is 2.35. The highest BCUT2D eigenvalue weighted by atomic mass is 16.5. The minimum Gasteiger partial charge on any atom is -0.469 e. The molecule has 1 atom stereocenters. The predicted molar refractivity (Wildman–Crippen MR) is 65.0 cm³/mol. The van der Waals surface area contributed by atoms with Crippen LogP contribution in [0.4, 0.5) is 0 Å². The lowest BCUT2D eigenvalue weighted by atomic mass is 10.0. The fourth-order valence-electron chi connectivity index (χ4n) is 2.70. The summed E-state index contributed by atoms with van der Waals surface area (Å²) < 4.78 is 6.94. The lowest BCUT2D eigenvalue weighted by Gasteiger charge is -2.20. The van der Waals surface area contributed by atoms with Crippen molar-refractivity contribution in [2.75, 3.05) is 7.11 Å². The van der Waals surface area contributed by atoms with Crippen LogP contribution in [-0.2, 0) is 22.4 Å². The van der Waals surface area contributed by atoms with Gasteiger partial charge in [0.1, 0.15) is 5.82 Å². The van der Waals surface area contributed by atoms with Crippen LogP contribution in [-0.4, -0.2) is 22.6 Å². The van der Waals surface area contributed by atoms with Crippen molar-refractivity contribution in [3.05, 3.63) is 17.2 Å². The number of aryl methyl sites for hydroxylation is 2. The molecule has 0 aliphatic heterocycles. The quantitative estimate of drug-likeness (QED) is 0.756. The highest BCUT2D eigenvalue weighted by Gasteiger charge is 2.22. The Hall–Kier alpha value is -1.32. The average molecular weight is 236 g/mol. The fraction of sp³-hybridized carbons (Fsp3) is 0.692. The van der Waals surface area contributed by atoms with Crippen LogP contribution in [0.5, 0.6) is 0 Å². The first-order valence-corrected chi connectivity index (χ1v) is 6.27. The van der Waals surface area contributed by atoms with E-state index in [0.29, 0.717) is 6.42 Å². The molecule has 1 aliphatic carbocycles. The summed E-state index contributed by atoms with van der Waals surface area (Å²) in [7, 11) is 1.44. The molecule has 0 amide bonds. The van der Waals surface area contributed by atoms with Crippen molar-refractivity contribution in [3.8, 4) is 0 Å². The molecule has 1 aliphatic rings. The zero-order valence-corrected chi connectivity index (χ0v) is 10.8. The van der Waals surface area contributed by atoms with Crippen molar-refractivity contribution in [1.29, 1.82) is 0 Å². The maximum atomic E-state index is 11.3. The molecule has 0 saturated carbocycles. The summed E-state index contributed by atoms with van der Waals surface area (Å²) in [6, 6.07) is 0.136. The molecule has 0 aromatic carbocycles. The first-order valence-electron chi connectivity index (χ1n) is 6.27. The number of carbonyl (C=O) groups excluding carboxylic acids is 1. The summed E-state index contributed by atoms with van der Waals surface area (Å²) >= 11 is 0. The molecule has 0 saturated heterocycles. The third-order valence-corrected chi connectivity index (χ3v) is 3.48. The van der Waals surface area contributed by atoms with Crippen molar-refractivity contribution in [3.63, 3.8) is 0 Å². The molecule has 0 radical (unpaired) electrons. The number of methoxy groups -OCH3 is 1.